The zero-order valence-corrected chi connectivity index (χ0v) is 12.3. The van der Waals surface area contributed by atoms with E-state index < -0.39 is 6.10 Å². The lowest BCUT2D eigenvalue weighted by atomic mass is 10.1. The van der Waals surface area contributed by atoms with Gasteiger partial charge in [0.2, 0.25) is 0 Å². The van der Waals surface area contributed by atoms with Crippen LogP contribution in [0.15, 0.2) is 48.5 Å². The number of anilines is 1. The SMILES string of the molecule is N#Cc1ccc(C(O)CNc2ccccc2I)cc1. The summed E-state index contributed by atoms with van der Waals surface area (Å²) in [6.45, 7) is 0.436. The molecule has 0 aliphatic carbocycles. The summed E-state index contributed by atoms with van der Waals surface area (Å²) in [5.41, 5.74) is 2.41. The van der Waals surface area contributed by atoms with Crippen molar-refractivity contribution in [2.24, 2.45) is 0 Å². The number of aliphatic hydroxyl groups is 1. The minimum absolute atomic E-state index is 0.436. The Morgan fingerprint density at radius 2 is 1.84 bits per heavy atom. The maximum atomic E-state index is 10.1. The highest BCUT2D eigenvalue weighted by Crippen LogP contribution is 2.19. The van der Waals surface area contributed by atoms with Crippen molar-refractivity contribution in [1.29, 1.82) is 5.26 Å². The normalized spacial score (nSPS) is 11.6. The van der Waals surface area contributed by atoms with Crippen LogP contribution in [0.25, 0.3) is 0 Å². The van der Waals surface area contributed by atoms with Crippen LogP contribution in [0.5, 0.6) is 0 Å². The van der Waals surface area contributed by atoms with Gasteiger partial charge in [0.05, 0.1) is 17.7 Å². The summed E-state index contributed by atoms with van der Waals surface area (Å²) in [5, 5.41) is 22.0. The molecule has 0 spiro atoms. The molecular weight excluding hydrogens is 351 g/mol. The maximum absolute atomic E-state index is 10.1. The zero-order valence-electron chi connectivity index (χ0n) is 10.2. The molecule has 0 aliphatic heterocycles. The van der Waals surface area contributed by atoms with Gasteiger partial charge in [-0.05, 0) is 52.4 Å². The molecule has 0 saturated carbocycles. The molecule has 2 aromatic carbocycles. The third kappa shape index (κ3) is 3.69. The molecule has 96 valence electrons. The van der Waals surface area contributed by atoms with Gasteiger partial charge in [-0.25, -0.2) is 0 Å². The number of rotatable bonds is 4. The molecule has 2 N–H and O–H groups in total. The van der Waals surface area contributed by atoms with E-state index in [9.17, 15) is 5.11 Å². The van der Waals surface area contributed by atoms with Crippen LogP contribution in [-0.2, 0) is 0 Å². The highest BCUT2D eigenvalue weighted by atomic mass is 127. The predicted octanol–water partition coefficient (Wildman–Crippen LogP) is 3.31. The molecule has 0 aliphatic rings. The summed E-state index contributed by atoms with van der Waals surface area (Å²) in [6.07, 6.45) is -0.594. The van der Waals surface area contributed by atoms with E-state index in [-0.39, 0.29) is 0 Å². The van der Waals surface area contributed by atoms with Crippen LogP contribution < -0.4 is 5.32 Å². The number of halogens is 1. The fourth-order valence-corrected chi connectivity index (χ4v) is 2.29. The van der Waals surface area contributed by atoms with Gasteiger partial charge in [-0.1, -0.05) is 24.3 Å². The molecule has 3 nitrogen and oxygen atoms in total. The van der Waals surface area contributed by atoms with E-state index in [0.29, 0.717) is 12.1 Å². The van der Waals surface area contributed by atoms with Gasteiger partial charge in [0.15, 0.2) is 0 Å². The summed E-state index contributed by atoms with van der Waals surface area (Å²) in [7, 11) is 0. The van der Waals surface area contributed by atoms with Gasteiger partial charge in [0.25, 0.3) is 0 Å². The number of benzene rings is 2. The monoisotopic (exact) mass is 364 g/mol. The molecule has 19 heavy (non-hydrogen) atoms. The van der Waals surface area contributed by atoms with Crippen molar-refractivity contribution in [1.82, 2.24) is 0 Å². The van der Waals surface area contributed by atoms with Gasteiger partial charge >= 0.3 is 0 Å². The molecule has 0 fully saturated rings. The Bertz CT molecular complexity index is 590. The van der Waals surface area contributed by atoms with E-state index in [1.807, 2.05) is 24.3 Å². The lowest BCUT2D eigenvalue weighted by molar-refractivity contribution is 0.191. The second-order valence-corrected chi connectivity index (χ2v) is 5.27. The number of hydrogen-bond donors (Lipinski definition) is 2. The molecule has 1 unspecified atom stereocenters. The van der Waals surface area contributed by atoms with Gasteiger partial charge in [-0.3, -0.25) is 0 Å². The van der Waals surface area contributed by atoms with E-state index in [1.165, 1.54) is 0 Å². The lowest BCUT2D eigenvalue weighted by Gasteiger charge is -2.14. The van der Waals surface area contributed by atoms with Crippen LogP contribution >= 0.6 is 22.6 Å². The highest BCUT2D eigenvalue weighted by molar-refractivity contribution is 14.1. The first-order valence-electron chi connectivity index (χ1n) is 5.87. The second kappa shape index (κ2) is 6.55. The number of nitrogens with one attached hydrogen (secondary N) is 1. The summed E-state index contributed by atoms with van der Waals surface area (Å²) in [4.78, 5) is 0. The quantitative estimate of drug-likeness (QED) is 0.819. The number of nitrogens with zero attached hydrogens (tertiary/aromatic N) is 1. The minimum Gasteiger partial charge on any atom is -0.387 e. The Morgan fingerprint density at radius 3 is 2.47 bits per heavy atom. The molecule has 0 saturated heterocycles. The van der Waals surface area contributed by atoms with Crippen molar-refractivity contribution in [3.05, 3.63) is 63.2 Å². The zero-order chi connectivity index (χ0) is 13.7. The van der Waals surface area contributed by atoms with Crippen molar-refractivity contribution in [2.45, 2.75) is 6.10 Å². The van der Waals surface area contributed by atoms with Crippen LogP contribution in [0.1, 0.15) is 17.2 Å². The van der Waals surface area contributed by atoms with Crippen molar-refractivity contribution in [2.75, 3.05) is 11.9 Å². The Morgan fingerprint density at radius 1 is 1.16 bits per heavy atom. The van der Waals surface area contributed by atoms with E-state index in [1.54, 1.807) is 24.3 Å². The second-order valence-electron chi connectivity index (χ2n) is 4.11. The van der Waals surface area contributed by atoms with Crippen molar-refractivity contribution < 1.29 is 5.11 Å². The molecular formula is C15H13IN2O. The lowest BCUT2D eigenvalue weighted by Crippen LogP contribution is -2.12. The van der Waals surface area contributed by atoms with Gasteiger partial charge < -0.3 is 10.4 Å². The number of aliphatic hydroxyl groups excluding tert-OH is 1. The van der Waals surface area contributed by atoms with E-state index in [4.69, 9.17) is 5.26 Å². The maximum Gasteiger partial charge on any atom is 0.0991 e. The highest BCUT2D eigenvalue weighted by Gasteiger charge is 2.08. The number of hydrogen-bond acceptors (Lipinski definition) is 3. The average Bonchev–Trinajstić information content (AvgIpc) is 2.46. The smallest absolute Gasteiger partial charge is 0.0991 e. The Balaban J connectivity index is 1.99. The summed E-state index contributed by atoms with van der Waals surface area (Å²) in [6, 6.07) is 17.0. The number of nitriles is 1. The van der Waals surface area contributed by atoms with Gasteiger partial charge in [0.1, 0.15) is 0 Å². The fourth-order valence-electron chi connectivity index (χ4n) is 1.71. The summed E-state index contributed by atoms with van der Waals surface area (Å²) >= 11 is 2.25. The van der Waals surface area contributed by atoms with Gasteiger partial charge in [0, 0.05) is 15.8 Å². The Labute approximate surface area is 126 Å². The van der Waals surface area contributed by atoms with Crippen molar-refractivity contribution in [3.8, 4) is 6.07 Å². The largest absolute Gasteiger partial charge is 0.387 e. The molecule has 4 heteroatoms. The molecule has 0 aromatic heterocycles. The molecule has 0 amide bonds. The topological polar surface area (TPSA) is 56.0 Å². The molecule has 0 radical (unpaired) electrons. The number of para-hydroxylation sites is 1. The molecule has 1 atom stereocenters. The van der Waals surface area contributed by atoms with Crippen molar-refractivity contribution >= 4 is 28.3 Å². The third-order valence-corrected chi connectivity index (χ3v) is 3.72. The average molecular weight is 364 g/mol. The third-order valence-electron chi connectivity index (χ3n) is 2.78. The minimum atomic E-state index is -0.594. The van der Waals surface area contributed by atoms with Crippen molar-refractivity contribution in [3.63, 3.8) is 0 Å². The Kier molecular flexibility index (Phi) is 4.77. The summed E-state index contributed by atoms with van der Waals surface area (Å²) < 4.78 is 1.12. The first-order valence-corrected chi connectivity index (χ1v) is 6.95. The van der Waals surface area contributed by atoms with E-state index >= 15 is 0 Å². The predicted molar refractivity (Wildman–Crippen MR) is 83.8 cm³/mol. The van der Waals surface area contributed by atoms with Crippen LogP contribution in [0, 0.1) is 14.9 Å². The van der Waals surface area contributed by atoms with Gasteiger partial charge in [-0.2, -0.15) is 5.26 Å². The molecule has 2 rings (SSSR count). The fraction of sp³-hybridized carbons (Fsp3) is 0.133. The van der Waals surface area contributed by atoms with Crippen LogP contribution in [0.3, 0.4) is 0 Å². The molecule has 0 heterocycles. The summed E-state index contributed by atoms with van der Waals surface area (Å²) in [5.74, 6) is 0. The van der Waals surface area contributed by atoms with Crippen LogP contribution in [0.2, 0.25) is 0 Å². The van der Waals surface area contributed by atoms with E-state index in [0.717, 1.165) is 14.8 Å². The van der Waals surface area contributed by atoms with Crippen LogP contribution in [0.4, 0.5) is 5.69 Å². The molecule has 0 bridgehead atoms. The standard InChI is InChI=1S/C15H13IN2O/c16-13-3-1-2-4-14(13)18-10-15(19)12-7-5-11(9-17)6-8-12/h1-8,15,18-19H,10H2. The Hall–Kier alpha value is -1.58. The van der Waals surface area contributed by atoms with E-state index in [2.05, 4.69) is 34.0 Å². The first-order chi connectivity index (χ1) is 9.20. The van der Waals surface area contributed by atoms with Crippen LogP contribution in [-0.4, -0.2) is 11.7 Å². The van der Waals surface area contributed by atoms with Gasteiger partial charge in [-0.15, -0.1) is 0 Å². The molecule has 2 aromatic rings. The first kappa shape index (κ1) is 13.8.